The Hall–Kier alpha value is -0.620. The van der Waals surface area contributed by atoms with Crippen LogP contribution in [-0.2, 0) is 19.4 Å². The molecule has 1 saturated heterocycles. The Bertz CT molecular complexity index is 351. The van der Waals surface area contributed by atoms with Crippen molar-refractivity contribution < 1.29 is 17.9 Å². The van der Waals surface area contributed by atoms with Crippen molar-refractivity contribution in [2.24, 2.45) is 0 Å². The highest BCUT2D eigenvalue weighted by atomic mass is 32.2. The van der Waals surface area contributed by atoms with Crippen molar-refractivity contribution >= 4 is 15.7 Å². The van der Waals surface area contributed by atoms with Crippen LogP contribution in [0.5, 0.6) is 0 Å². The van der Waals surface area contributed by atoms with Gasteiger partial charge in [-0.3, -0.25) is 4.79 Å². The molecule has 1 rings (SSSR count). The Morgan fingerprint density at radius 2 is 2.13 bits per heavy atom. The number of ether oxygens (including phenoxy) is 1. The van der Waals surface area contributed by atoms with Crippen LogP contribution in [-0.4, -0.2) is 44.6 Å². The first-order valence-corrected chi connectivity index (χ1v) is 6.65. The third-order valence-electron chi connectivity index (χ3n) is 2.65. The zero-order valence-corrected chi connectivity index (χ0v) is 10.1. The summed E-state index contributed by atoms with van der Waals surface area (Å²) < 4.78 is 27.4. The molecular formula is C9H17NO4S. The van der Waals surface area contributed by atoms with Crippen molar-refractivity contribution in [1.29, 1.82) is 0 Å². The second-order valence-electron chi connectivity index (χ2n) is 4.27. The van der Waals surface area contributed by atoms with E-state index in [0.29, 0.717) is 6.42 Å². The highest BCUT2D eigenvalue weighted by molar-refractivity contribution is 7.91. The number of amides is 1. The van der Waals surface area contributed by atoms with Gasteiger partial charge >= 0.3 is 0 Å². The fourth-order valence-electron chi connectivity index (χ4n) is 1.62. The van der Waals surface area contributed by atoms with Crippen LogP contribution in [0, 0.1) is 0 Å². The molecule has 1 heterocycles. The number of nitrogens with one attached hydrogen (secondary N) is 1. The Labute approximate surface area is 90.1 Å². The monoisotopic (exact) mass is 235 g/mol. The summed E-state index contributed by atoms with van der Waals surface area (Å²) in [7, 11) is -1.55. The minimum Gasteiger partial charge on any atom is -0.372 e. The molecule has 1 aliphatic heterocycles. The van der Waals surface area contributed by atoms with Gasteiger partial charge in [-0.25, -0.2) is 8.42 Å². The van der Waals surface area contributed by atoms with E-state index in [2.05, 4.69) is 5.32 Å². The largest absolute Gasteiger partial charge is 0.372 e. The molecule has 0 spiro atoms. The number of rotatable bonds is 3. The summed E-state index contributed by atoms with van der Waals surface area (Å²) in [5.74, 6) is -0.107. The van der Waals surface area contributed by atoms with Crippen LogP contribution >= 0.6 is 0 Å². The van der Waals surface area contributed by atoms with Gasteiger partial charge < -0.3 is 10.1 Å². The molecule has 0 aromatic rings. The van der Waals surface area contributed by atoms with Gasteiger partial charge in [-0.1, -0.05) is 0 Å². The number of sulfone groups is 1. The van der Waals surface area contributed by atoms with E-state index in [-0.39, 0.29) is 17.4 Å². The van der Waals surface area contributed by atoms with E-state index < -0.39 is 21.5 Å². The molecule has 1 fully saturated rings. The molecule has 0 aliphatic carbocycles. The first-order chi connectivity index (χ1) is 6.78. The molecule has 0 aromatic heterocycles. The van der Waals surface area contributed by atoms with Gasteiger partial charge in [-0.2, -0.15) is 0 Å². The summed E-state index contributed by atoms with van der Waals surface area (Å²) >= 11 is 0. The first kappa shape index (κ1) is 12.4. The molecule has 1 N–H and O–H groups in total. The van der Waals surface area contributed by atoms with Gasteiger partial charge in [0.05, 0.1) is 17.0 Å². The minimum absolute atomic E-state index is 0.0160. The molecule has 2 unspecified atom stereocenters. The molecule has 0 saturated carbocycles. The van der Waals surface area contributed by atoms with Crippen molar-refractivity contribution in [2.75, 3.05) is 18.6 Å². The Morgan fingerprint density at radius 3 is 2.53 bits per heavy atom. The predicted octanol–water partition coefficient (Wildman–Crippen LogP) is -0.285. The lowest BCUT2D eigenvalue weighted by Crippen LogP contribution is -2.50. The number of hydrogen-bond acceptors (Lipinski definition) is 4. The van der Waals surface area contributed by atoms with Crippen LogP contribution in [0.2, 0.25) is 0 Å². The predicted molar refractivity (Wildman–Crippen MR) is 56.3 cm³/mol. The number of carbonyl (C=O) groups excluding carboxylic acids is 1. The summed E-state index contributed by atoms with van der Waals surface area (Å²) in [4.78, 5) is 11.5. The van der Waals surface area contributed by atoms with Crippen LogP contribution in [0.4, 0.5) is 0 Å². The number of carbonyl (C=O) groups is 1. The lowest BCUT2D eigenvalue weighted by Gasteiger charge is -2.25. The van der Waals surface area contributed by atoms with E-state index in [4.69, 9.17) is 4.74 Å². The molecule has 0 bridgehead atoms. The van der Waals surface area contributed by atoms with Crippen LogP contribution < -0.4 is 5.32 Å². The van der Waals surface area contributed by atoms with Crippen LogP contribution in [0.3, 0.4) is 0 Å². The van der Waals surface area contributed by atoms with E-state index >= 15 is 0 Å². The van der Waals surface area contributed by atoms with Gasteiger partial charge in [0, 0.05) is 7.11 Å². The van der Waals surface area contributed by atoms with E-state index in [1.807, 2.05) is 0 Å². The van der Waals surface area contributed by atoms with Crippen LogP contribution in [0.15, 0.2) is 0 Å². The smallest absolute Gasteiger partial charge is 0.249 e. The van der Waals surface area contributed by atoms with Gasteiger partial charge in [0.25, 0.3) is 0 Å². The fraction of sp³-hybridized carbons (Fsp3) is 0.889. The second kappa shape index (κ2) is 4.09. The third-order valence-corrected chi connectivity index (χ3v) is 4.55. The fourth-order valence-corrected chi connectivity index (χ4v) is 3.71. The molecule has 0 radical (unpaired) electrons. The van der Waals surface area contributed by atoms with E-state index in [9.17, 15) is 13.2 Å². The molecule has 1 aliphatic rings. The molecule has 5 nitrogen and oxygen atoms in total. The average Bonchev–Trinajstić information content (AvgIpc) is 2.39. The van der Waals surface area contributed by atoms with Crippen molar-refractivity contribution in [2.45, 2.75) is 31.9 Å². The standard InChI is InChI=1S/C9H17NO4S/c1-7(14-3)8(11)10-9(2)4-5-15(12,13)6-9/h7H,4-6H2,1-3H3,(H,10,11). The molecule has 6 heteroatoms. The van der Waals surface area contributed by atoms with Crippen molar-refractivity contribution in [3.05, 3.63) is 0 Å². The molecule has 88 valence electrons. The normalized spacial score (nSPS) is 31.1. The zero-order chi connectivity index (χ0) is 11.7. The Morgan fingerprint density at radius 1 is 1.53 bits per heavy atom. The maximum absolute atomic E-state index is 11.5. The Kier molecular flexibility index (Phi) is 3.40. The number of methoxy groups -OCH3 is 1. The van der Waals surface area contributed by atoms with Crippen LogP contribution in [0.1, 0.15) is 20.3 Å². The second-order valence-corrected chi connectivity index (χ2v) is 6.45. The lowest BCUT2D eigenvalue weighted by atomic mass is 10.0. The summed E-state index contributed by atoms with van der Waals surface area (Å²) in [6.07, 6.45) is -0.0811. The quantitative estimate of drug-likeness (QED) is 0.730. The lowest BCUT2D eigenvalue weighted by molar-refractivity contribution is -0.131. The maximum atomic E-state index is 11.5. The van der Waals surface area contributed by atoms with Crippen molar-refractivity contribution in [3.63, 3.8) is 0 Å². The van der Waals surface area contributed by atoms with Gasteiger partial charge in [-0.05, 0) is 20.3 Å². The molecule has 1 amide bonds. The highest BCUT2D eigenvalue weighted by Gasteiger charge is 2.39. The van der Waals surface area contributed by atoms with Crippen molar-refractivity contribution in [1.82, 2.24) is 5.32 Å². The summed E-state index contributed by atoms with van der Waals surface area (Å²) in [6, 6.07) is 0. The third kappa shape index (κ3) is 3.17. The average molecular weight is 235 g/mol. The Balaban J connectivity index is 2.63. The van der Waals surface area contributed by atoms with Gasteiger partial charge in [0.1, 0.15) is 6.10 Å². The topological polar surface area (TPSA) is 72.5 Å². The van der Waals surface area contributed by atoms with E-state index in [0.717, 1.165) is 0 Å². The summed E-state index contributed by atoms with van der Waals surface area (Å²) in [5, 5.41) is 2.72. The molecule has 15 heavy (non-hydrogen) atoms. The van der Waals surface area contributed by atoms with Crippen molar-refractivity contribution in [3.8, 4) is 0 Å². The van der Waals surface area contributed by atoms with Gasteiger partial charge in [0.15, 0.2) is 9.84 Å². The summed E-state index contributed by atoms with van der Waals surface area (Å²) in [5.41, 5.74) is -0.636. The summed E-state index contributed by atoms with van der Waals surface area (Å²) in [6.45, 7) is 3.37. The first-order valence-electron chi connectivity index (χ1n) is 4.83. The highest BCUT2D eigenvalue weighted by Crippen LogP contribution is 2.22. The number of hydrogen-bond donors (Lipinski definition) is 1. The van der Waals surface area contributed by atoms with Gasteiger partial charge in [0.2, 0.25) is 5.91 Å². The SMILES string of the molecule is COC(C)C(=O)NC1(C)CCS(=O)(=O)C1. The molecular weight excluding hydrogens is 218 g/mol. The van der Waals surface area contributed by atoms with Crippen LogP contribution in [0.25, 0.3) is 0 Å². The molecule has 0 aromatic carbocycles. The van der Waals surface area contributed by atoms with E-state index in [1.165, 1.54) is 7.11 Å². The minimum atomic E-state index is -2.99. The maximum Gasteiger partial charge on any atom is 0.249 e. The zero-order valence-electron chi connectivity index (χ0n) is 9.24. The van der Waals surface area contributed by atoms with Gasteiger partial charge in [-0.15, -0.1) is 0 Å². The van der Waals surface area contributed by atoms with E-state index in [1.54, 1.807) is 13.8 Å². The molecule has 2 atom stereocenters.